The van der Waals surface area contributed by atoms with Gasteiger partial charge in [0.05, 0.1) is 26.0 Å². The van der Waals surface area contributed by atoms with Crippen LogP contribution in [0.2, 0.25) is 0 Å². The predicted octanol–water partition coefficient (Wildman–Crippen LogP) is 2.57. The van der Waals surface area contributed by atoms with Crippen molar-refractivity contribution in [3.63, 3.8) is 0 Å². The van der Waals surface area contributed by atoms with E-state index >= 15 is 0 Å². The zero-order chi connectivity index (χ0) is 16.7. The number of benzene rings is 2. The highest BCUT2D eigenvalue weighted by molar-refractivity contribution is 5.80. The first-order chi connectivity index (χ1) is 11.1. The van der Waals surface area contributed by atoms with E-state index in [9.17, 15) is 9.59 Å². The van der Waals surface area contributed by atoms with Gasteiger partial charge in [0.1, 0.15) is 5.75 Å². The lowest BCUT2D eigenvalue weighted by Crippen LogP contribution is -2.31. The van der Waals surface area contributed by atoms with Gasteiger partial charge in [-0.1, -0.05) is 42.5 Å². The maximum Gasteiger partial charge on any atom is 0.305 e. The molecular formula is C18H19NO4. The first-order valence-corrected chi connectivity index (χ1v) is 7.27. The maximum absolute atomic E-state index is 12.2. The van der Waals surface area contributed by atoms with Crippen LogP contribution >= 0.6 is 0 Å². The van der Waals surface area contributed by atoms with Crippen molar-refractivity contribution in [3.05, 3.63) is 65.7 Å². The molecule has 0 unspecified atom stereocenters. The van der Waals surface area contributed by atoms with Crippen molar-refractivity contribution in [2.24, 2.45) is 0 Å². The number of carboxylic acids is 1. The fourth-order valence-corrected chi connectivity index (χ4v) is 2.29. The number of rotatable bonds is 7. The normalized spacial score (nSPS) is 11.5. The summed E-state index contributed by atoms with van der Waals surface area (Å²) in [5.74, 6) is -0.448. The van der Waals surface area contributed by atoms with Crippen LogP contribution in [0.25, 0.3) is 0 Å². The predicted molar refractivity (Wildman–Crippen MR) is 86.3 cm³/mol. The number of methoxy groups -OCH3 is 1. The van der Waals surface area contributed by atoms with Gasteiger partial charge in [0.25, 0.3) is 0 Å². The summed E-state index contributed by atoms with van der Waals surface area (Å²) >= 11 is 0. The Bertz CT molecular complexity index is 652. The molecule has 2 rings (SSSR count). The van der Waals surface area contributed by atoms with E-state index in [1.54, 1.807) is 31.4 Å². The van der Waals surface area contributed by atoms with Gasteiger partial charge in [-0.15, -0.1) is 0 Å². The second kappa shape index (κ2) is 7.98. The van der Waals surface area contributed by atoms with Gasteiger partial charge in [-0.3, -0.25) is 9.59 Å². The summed E-state index contributed by atoms with van der Waals surface area (Å²) < 4.78 is 5.07. The standard InChI is InChI=1S/C18H19NO4/c1-23-15-9-7-13(8-10-15)11-17(20)19-16(12-18(21)22)14-5-3-2-4-6-14/h2-10,16H,11-12H2,1H3,(H,19,20)(H,21,22)/t16-/m1/s1. The van der Waals surface area contributed by atoms with Gasteiger partial charge < -0.3 is 15.2 Å². The van der Waals surface area contributed by atoms with Crippen LogP contribution in [0.4, 0.5) is 0 Å². The molecule has 0 aliphatic rings. The van der Waals surface area contributed by atoms with Crippen LogP contribution in [-0.4, -0.2) is 24.1 Å². The van der Waals surface area contributed by atoms with Crippen molar-refractivity contribution in [2.75, 3.05) is 7.11 Å². The Kier molecular flexibility index (Phi) is 5.74. The van der Waals surface area contributed by atoms with Gasteiger partial charge in [-0.2, -0.15) is 0 Å². The number of hydrogen-bond acceptors (Lipinski definition) is 3. The molecule has 5 heteroatoms. The smallest absolute Gasteiger partial charge is 0.305 e. The third-order valence-electron chi connectivity index (χ3n) is 3.44. The quantitative estimate of drug-likeness (QED) is 0.824. The minimum atomic E-state index is -0.955. The molecule has 0 aliphatic heterocycles. The lowest BCUT2D eigenvalue weighted by molar-refractivity contribution is -0.137. The van der Waals surface area contributed by atoms with Crippen LogP contribution in [0.15, 0.2) is 54.6 Å². The first kappa shape index (κ1) is 16.5. The van der Waals surface area contributed by atoms with Gasteiger partial charge in [0, 0.05) is 0 Å². The van der Waals surface area contributed by atoms with E-state index < -0.39 is 12.0 Å². The Morgan fingerprint density at radius 1 is 1.09 bits per heavy atom. The van der Waals surface area contributed by atoms with E-state index in [0.717, 1.165) is 16.9 Å². The lowest BCUT2D eigenvalue weighted by atomic mass is 10.0. The summed E-state index contributed by atoms with van der Waals surface area (Å²) in [4.78, 5) is 23.2. The summed E-state index contributed by atoms with van der Waals surface area (Å²) in [7, 11) is 1.58. The summed E-state index contributed by atoms with van der Waals surface area (Å²) in [6.45, 7) is 0. The summed E-state index contributed by atoms with van der Waals surface area (Å²) in [5, 5.41) is 11.8. The average molecular weight is 313 g/mol. The van der Waals surface area contributed by atoms with Crippen LogP contribution in [-0.2, 0) is 16.0 Å². The SMILES string of the molecule is COc1ccc(CC(=O)N[C@H](CC(=O)O)c2ccccc2)cc1. The molecule has 0 aliphatic carbocycles. The molecule has 2 aromatic carbocycles. The Morgan fingerprint density at radius 3 is 2.30 bits per heavy atom. The number of carboxylic acid groups (broad SMARTS) is 1. The number of ether oxygens (including phenoxy) is 1. The van der Waals surface area contributed by atoms with Crippen LogP contribution in [0, 0.1) is 0 Å². The third kappa shape index (κ3) is 5.14. The molecule has 0 fully saturated rings. The number of aliphatic carboxylic acids is 1. The first-order valence-electron chi connectivity index (χ1n) is 7.27. The molecule has 2 N–H and O–H groups in total. The number of nitrogens with one attached hydrogen (secondary N) is 1. The fourth-order valence-electron chi connectivity index (χ4n) is 2.29. The van der Waals surface area contributed by atoms with Gasteiger partial charge in [0.15, 0.2) is 0 Å². The molecular weight excluding hydrogens is 294 g/mol. The Labute approximate surface area is 134 Å². The van der Waals surface area contributed by atoms with Crippen molar-refractivity contribution in [1.82, 2.24) is 5.32 Å². The number of hydrogen-bond donors (Lipinski definition) is 2. The summed E-state index contributed by atoms with van der Waals surface area (Å²) in [6.07, 6.45) is 0.0330. The highest BCUT2D eigenvalue weighted by Crippen LogP contribution is 2.17. The third-order valence-corrected chi connectivity index (χ3v) is 3.44. The Balaban J connectivity index is 2.03. The molecule has 0 bridgehead atoms. The molecule has 0 saturated carbocycles. The zero-order valence-electron chi connectivity index (χ0n) is 12.9. The minimum Gasteiger partial charge on any atom is -0.497 e. The molecule has 23 heavy (non-hydrogen) atoms. The maximum atomic E-state index is 12.2. The topological polar surface area (TPSA) is 75.6 Å². The second-order valence-corrected chi connectivity index (χ2v) is 5.15. The lowest BCUT2D eigenvalue weighted by Gasteiger charge is -2.17. The molecule has 120 valence electrons. The summed E-state index contributed by atoms with van der Waals surface area (Å²) in [5.41, 5.74) is 1.61. The summed E-state index contributed by atoms with van der Waals surface area (Å²) in [6, 6.07) is 15.8. The van der Waals surface area contributed by atoms with Gasteiger partial charge in [0.2, 0.25) is 5.91 Å². The van der Waals surface area contributed by atoms with Crippen LogP contribution < -0.4 is 10.1 Å². The van der Waals surface area contributed by atoms with Gasteiger partial charge in [-0.05, 0) is 23.3 Å². The van der Waals surface area contributed by atoms with Gasteiger partial charge in [-0.25, -0.2) is 0 Å². The average Bonchev–Trinajstić information content (AvgIpc) is 2.55. The van der Waals surface area contributed by atoms with E-state index in [0.29, 0.717) is 0 Å². The molecule has 0 radical (unpaired) electrons. The minimum absolute atomic E-state index is 0.154. The number of carbonyl (C=O) groups excluding carboxylic acids is 1. The van der Waals surface area contributed by atoms with Crippen LogP contribution in [0.5, 0.6) is 5.75 Å². The molecule has 0 aromatic heterocycles. The van der Waals surface area contributed by atoms with E-state index in [2.05, 4.69) is 5.32 Å². The van der Waals surface area contributed by atoms with Crippen molar-refractivity contribution in [1.29, 1.82) is 0 Å². The van der Waals surface area contributed by atoms with E-state index in [-0.39, 0.29) is 18.7 Å². The Hall–Kier alpha value is -2.82. The van der Waals surface area contributed by atoms with Crippen molar-refractivity contribution in [2.45, 2.75) is 18.9 Å². The highest BCUT2D eigenvalue weighted by atomic mass is 16.5. The molecule has 0 saturated heterocycles. The molecule has 0 spiro atoms. The Morgan fingerprint density at radius 2 is 1.74 bits per heavy atom. The van der Waals surface area contributed by atoms with E-state index in [4.69, 9.17) is 9.84 Å². The molecule has 1 amide bonds. The van der Waals surface area contributed by atoms with Crippen molar-refractivity contribution in [3.8, 4) is 5.75 Å². The fraction of sp³-hybridized carbons (Fsp3) is 0.222. The second-order valence-electron chi connectivity index (χ2n) is 5.15. The molecule has 1 atom stereocenters. The van der Waals surface area contributed by atoms with E-state index in [1.165, 1.54) is 0 Å². The molecule has 0 heterocycles. The monoisotopic (exact) mass is 313 g/mol. The largest absolute Gasteiger partial charge is 0.497 e. The van der Waals surface area contributed by atoms with Gasteiger partial charge >= 0.3 is 5.97 Å². The molecule has 2 aromatic rings. The highest BCUT2D eigenvalue weighted by Gasteiger charge is 2.18. The van der Waals surface area contributed by atoms with Crippen molar-refractivity contribution < 1.29 is 19.4 Å². The zero-order valence-corrected chi connectivity index (χ0v) is 12.9. The molecule has 5 nitrogen and oxygen atoms in total. The number of amides is 1. The number of carbonyl (C=O) groups is 2. The van der Waals surface area contributed by atoms with E-state index in [1.807, 2.05) is 30.3 Å². The van der Waals surface area contributed by atoms with Crippen LogP contribution in [0.3, 0.4) is 0 Å². The van der Waals surface area contributed by atoms with Crippen LogP contribution in [0.1, 0.15) is 23.6 Å². The van der Waals surface area contributed by atoms with Crippen molar-refractivity contribution >= 4 is 11.9 Å².